The van der Waals surface area contributed by atoms with Crippen molar-refractivity contribution in [2.24, 2.45) is 5.41 Å². The fourth-order valence-electron chi connectivity index (χ4n) is 1.32. The fourth-order valence-corrected chi connectivity index (χ4v) is 1.32. The lowest BCUT2D eigenvalue weighted by atomic mass is 9.98. The van der Waals surface area contributed by atoms with Gasteiger partial charge < -0.3 is 10.1 Å². The van der Waals surface area contributed by atoms with Crippen LogP contribution in [0.5, 0.6) is 5.75 Å². The molecule has 17 heavy (non-hydrogen) atoms. The average molecular weight is 231 g/mol. The van der Waals surface area contributed by atoms with Gasteiger partial charge in [-0.3, -0.25) is 0 Å². The summed E-state index contributed by atoms with van der Waals surface area (Å²) in [6, 6.07) is 7.93. The smallest absolute Gasteiger partial charge is 0.121 e. The van der Waals surface area contributed by atoms with E-state index in [1.54, 1.807) is 0 Å². The molecule has 92 valence electrons. The molecule has 0 unspecified atom stereocenters. The van der Waals surface area contributed by atoms with Gasteiger partial charge in [0.1, 0.15) is 5.75 Å². The van der Waals surface area contributed by atoms with Crippen LogP contribution in [0.2, 0.25) is 0 Å². The van der Waals surface area contributed by atoms with Crippen LogP contribution in [0.15, 0.2) is 24.3 Å². The molecule has 0 aliphatic carbocycles. The zero-order valence-electron chi connectivity index (χ0n) is 11.1. The van der Waals surface area contributed by atoms with E-state index in [0.717, 1.165) is 11.4 Å². The Hall–Kier alpha value is -1.62. The van der Waals surface area contributed by atoms with Crippen LogP contribution in [0.1, 0.15) is 27.7 Å². The lowest BCUT2D eigenvalue weighted by molar-refractivity contribution is 0.340. The number of hydrogen-bond donors (Lipinski definition) is 1. The molecule has 0 aromatic heterocycles. The Morgan fingerprint density at radius 3 is 2.71 bits per heavy atom. The van der Waals surface area contributed by atoms with Crippen LogP contribution in [0.4, 0.5) is 5.69 Å². The van der Waals surface area contributed by atoms with Crippen LogP contribution in [-0.2, 0) is 0 Å². The number of rotatable bonds is 4. The summed E-state index contributed by atoms with van der Waals surface area (Å²) >= 11 is 0. The second-order valence-electron chi connectivity index (χ2n) is 4.87. The van der Waals surface area contributed by atoms with Crippen molar-refractivity contribution in [3.05, 3.63) is 24.3 Å². The van der Waals surface area contributed by atoms with Crippen LogP contribution in [0.3, 0.4) is 0 Å². The maximum Gasteiger partial charge on any atom is 0.121 e. The first kappa shape index (κ1) is 13.4. The highest BCUT2D eigenvalue weighted by molar-refractivity contribution is 5.48. The molecule has 0 heterocycles. The quantitative estimate of drug-likeness (QED) is 0.800. The van der Waals surface area contributed by atoms with Gasteiger partial charge in [0.05, 0.1) is 13.2 Å². The van der Waals surface area contributed by atoms with Crippen LogP contribution in [0, 0.1) is 17.3 Å². The number of hydrogen-bond acceptors (Lipinski definition) is 2. The number of anilines is 1. The van der Waals surface area contributed by atoms with E-state index >= 15 is 0 Å². The van der Waals surface area contributed by atoms with Crippen molar-refractivity contribution < 1.29 is 4.74 Å². The van der Waals surface area contributed by atoms with E-state index in [-0.39, 0.29) is 5.41 Å². The lowest BCUT2D eigenvalue weighted by Crippen LogP contribution is -2.03. The van der Waals surface area contributed by atoms with Crippen molar-refractivity contribution in [3.63, 3.8) is 0 Å². The molecule has 2 nitrogen and oxygen atoms in total. The molecular weight excluding hydrogens is 210 g/mol. The summed E-state index contributed by atoms with van der Waals surface area (Å²) in [6.45, 7) is 9.65. The molecule has 0 aliphatic heterocycles. The summed E-state index contributed by atoms with van der Waals surface area (Å²) in [6.07, 6.45) is 0. The largest absolute Gasteiger partial charge is 0.494 e. The molecule has 0 aliphatic rings. The highest BCUT2D eigenvalue weighted by atomic mass is 16.5. The minimum Gasteiger partial charge on any atom is -0.494 e. The van der Waals surface area contributed by atoms with E-state index in [0.29, 0.717) is 13.2 Å². The van der Waals surface area contributed by atoms with Gasteiger partial charge in [-0.1, -0.05) is 17.9 Å². The third kappa shape index (κ3) is 5.87. The fraction of sp³-hybridized carbons (Fsp3) is 0.467. The molecule has 0 bridgehead atoms. The van der Waals surface area contributed by atoms with Gasteiger partial charge in [-0.15, -0.1) is 0 Å². The molecule has 0 saturated heterocycles. The third-order valence-electron chi connectivity index (χ3n) is 1.99. The predicted octanol–water partition coefficient (Wildman–Crippen LogP) is 3.55. The first-order chi connectivity index (χ1) is 8.01. The maximum absolute atomic E-state index is 5.43. The Kier molecular flexibility index (Phi) is 4.90. The summed E-state index contributed by atoms with van der Waals surface area (Å²) in [5.74, 6) is 7.20. The van der Waals surface area contributed by atoms with E-state index in [1.807, 2.05) is 31.2 Å². The van der Waals surface area contributed by atoms with E-state index < -0.39 is 0 Å². The van der Waals surface area contributed by atoms with Crippen molar-refractivity contribution in [1.29, 1.82) is 0 Å². The predicted molar refractivity (Wildman–Crippen MR) is 73.3 cm³/mol. The molecular formula is C15H21NO. The summed E-state index contributed by atoms with van der Waals surface area (Å²) in [5, 5.41) is 3.26. The molecule has 1 N–H and O–H groups in total. The second-order valence-corrected chi connectivity index (χ2v) is 4.87. The SMILES string of the molecule is CCOc1cccc(NCC#CC(C)(C)C)c1. The highest BCUT2D eigenvalue weighted by Crippen LogP contribution is 2.16. The Morgan fingerprint density at radius 2 is 2.06 bits per heavy atom. The maximum atomic E-state index is 5.43. The molecule has 0 fully saturated rings. The van der Waals surface area contributed by atoms with Crippen molar-refractivity contribution in [1.82, 2.24) is 0 Å². The van der Waals surface area contributed by atoms with Gasteiger partial charge >= 0.3 is 0 Å². The van der Waals surface area contributed by atoms with Crippen LogP contribution >= 0.6 is 0 Å². The van der Waals surface area contributed by atoms with Crippen molar-refractivity contribution in [3.8, 4) is 17.6 Å². The van der Waals surface area contributed by atoms with Crippen molar-refractivity contribution >= 4 is 5.69 Å². The molecule has 1 aromatic rings. The van der Waals surface area contributed by atoms with Crippen molar-refractivity contribution in [2.75, 3.05) is 18.5 Å². The summed E-state index contributed by atoms with van der Waals surface area (Å²) < 4.78 is 5.43. The van der Waals surface area contributed by atoms with Gasteiger partial charge in [0.2, 0.25) is 0 Å². The van der Waals surface area contributed by atoms with Gasteiger partial charge in [-0.2, -0.15) is 0 Å². The Morgan fingerprint density at radius 1 is 1.29 bits per heavy atom. The molecule has 2 heteroatoms. The van der Waals surface area contributed by atoms with Gasteiger partial charge in [-0.25, -0.2) is 0 Å². The summed E-state index contributed by atoms with van der Waals surface area (Å²) in [7, 11) is 0. The number of benzene rings is 1. The van der Waals surface area contributed by atoms with E-state index in [4.69, 9.17) is 4.74 Å². The lowest BCUT2D eigenvalue weighted by Gasteiger charge is -2.08. The number of ether oxygens (including phenoxy) is 1. The average Bonchev–Trinajstić information content (AvgIpc) is 2.24. The van der Waals surface area contributed by atoms with Gasteiger partial charge in [0.25, 0.3) is 0 Å². The van der Waals surface area contributed by atoms with Crippen LogP contribution < -0.4 is 10.1 Å². The minimum atomic E-state index is 0.0643. The van der Waals surface area contributed by atoms with Gasteiger partial charge in [-0.05, 0) is 39.8 Å². The molecule has 0 amide bonds. The molecule has 1 aromatic carbocycles. The first-order valence-corrected chi connectivity index (χ1v) is 5.98. The third-order valence-corrected chi connectivity index (χ3v) is 1.99. The number of nitrogens with one attached hydrogen (secondary N) is 1. The van der Waals surface area contributed by atoms with E-state index in [1.165, 1.54) is 0 Å². The van der Waals surface area contributed by atoms with Crippen molar-refractivity contribution in [2.45, 2.75) is 27.7 Å². The zero-order valence-corrected chi connectivity index (χ0v) is 11.1. The highest BCUT2D eigenvalue weighted by Gasteiger charge is 2.02. The van der Waals surface area contributed by atoms with Gasteiger partial charge in [0, 0.05) is 17.2 Å². The van der Waals surface area contributed by atoms with E-state index in [2.05, 4.69) is 37.9 Å². The zero-order chi connectivity index (χ0) is 12.7. The van der Waals surface area contributed by atoms with Crippen LogP contribution in [-0.4, -0.2) is 13.2 Å². The minimum absolute atomic E-state index is 0.0643. The molecule has 0 radical (unpaired) electrons. The molecule has 0 atom stereocenters. The van der Waals surface area contributed by atoms with E-state index in [9.17, 15) is 0 Å². The Bertz CT molecular complexity index is 407. The first-order valence-electron chi connectivity index (χ1n) is 5.98. The summed E-state index contributed by atoms with van der Waals surface area (Å²) in [4.78, 5) is 0. The summed E-state index contributed by atoms with van der Waals surface area (Å²) in [5.41, 5.74) is 1.11. The van der Waals surface area contributed by atoms with Gasteiger partial charge in [0.15, 0.2) is 0 Å². The Labute approximate surface area is 104 Å². The molecule has 0 spiro atoms. The molecule has 0 saturated carbocycles. The second kappa shape index (κ2) is 6.20. The molecule has 1 rings (SSSR count). The van der Waals surface area contributed by atoms with Crippen LogP contribution in [0.25, 0.3) is 0 Å². The monoisotopic (exact) mass is 231 g/mol. The topological polar surface area (TPSA) is 21.3 Å². The Balaban J connectivity index is 2.51. The normalized spacial score (nSPS) is 10.4. The standard InChI is InChI=1S/C15H21NO/c1-5-17-14-9-6-8-13(12-14)16-11-7-10-15(2,3)4/h6,8-9,12,16H,5,11H2,1-4H3.